The molecule has 2 aromatic carbocycles. The maximum Gasteiger partial charge on any atom is 0.232 e. The van der Waals surface area contributed by atoms with Gasteiger partial charge in [0, 0.05) is 5.56 Å². The van der Waals surface area contributed by atoms with Crippen LogP contribution in [0.25, 0.3) is 11.3 Å². The first-order valence-electron chi connectivity index (χ1n) is 10.6. The molecule has 0 aliphatic heterocycles. The van der Waals surface area contributed by atoms with Crippen LogP contribution in [0.4, 0.5) is 5.69 Å². The highest BCUT2D eigenvalue weighted by Gasteiger charge is 2.24. The van der Waals surface area contributed by atoms with Gasteiger partial charge < -0.3 is 14.8 Å². The smallest absolute Gasteiger partial charge is 0.232 e. The number of nitrogens with zero attached hydrogens (tertiary/aromatic N) is 1. The van der Waals surface area contributed by atoms with Gasteiger partial charge >= 0.3 is 0 Å². The van der Waals surface area contributed by atoms with Crippen LogP contribution < -0.4 is 14.8 Å². The standard InChI is InChI=1S/C25H31N3O3/c1-6-19(17-10-8-7-9-11-17)25(29)26-24-20(14-16(2)3)27-28-23(24)18-12-13-21(30-4)22(15-18)31-5/h7-13,15-16,19H,6,14H2,1-5H3,(H,26,29)(H,27,28)/t19-/m0/s1. The van der Waals surface area contributed by atoms with E-state index in [1.807, 2.05) is 55.5 Å². The summed E-state index contributed by atoms with van der Waals surface area (Å²) in [5.74, 6) is 1.39. The molecule has 0 bridgehead atoms. The second-order valence-electron chi connectivity index (χ2n) is 7.95. The van der Waals surface area contributed by atoms with Gasteiger partial charge in [-0.25, -0.2) is 0 Å². The minimum absolute atomic E-state index is 0.0400. The lowest BCUT2D eigenvalue weighted by Gasteiger charge is -2.17. The molecule has 0 aliphatic rings. The number of hydrogen-bond acceptors (Lipinski definition) is 4. The average Bonchev–Trinajstić information content (AvgIpc) is 3.15. The van der Waals surface area contributed by atoms with Gasteiger partial charge in [0.15, 0.2) is 11.5 Å². The summed E-state index contributed by atoms with van der Waals surface area (Å²) >= 11 is 0. The van der Waals surface area contributed by atoms with Crippen molar-refractivity contribution in [2.45, 2.75) is 39.5 Å². The summed E-state index contributed by atoms with van der Waals surface area (Å²) in [4.78, 5) is 13.3. The fourth-order valence-corrected chi connectivity index (χ4v) is 3.73. The number of amides is 1. The van der Waals surface area contributed by atoms with E-state index in [1.54, 1.807) is 14.2 Å². The number of aromatic amines is 1. The fourth-order valence-electron chi connectivity index (χ4n) is 3.73. The van der Waals surface area contributed by atoms with Gasteiger partial charge in [-0.2, -0.15) is 5.10 Å². The maximum atomic E-state index is 13.3. The molecule has 0 aliphatic carbocycles. The molecular formula is C25H31N3O3. The normalized spacial score (nSPS) is 11.9. The van der Waals surface area contributed by atoms with Crippen molar-refractivity contribution >= 4 is 11.6 Å². The highest BCUT2D eigenvalue weighted by molar-refractivity contribution is 5.99. The molecule has 1 atom stereocenters. The molecule has 6 heteroatoms. The SMILES string of the molecule is CC[C@H](C(=O)Nc1c(-c2ccc(OC)c(OC)c2)n[nH]c1CC(C)C)c1ccccc1. The van der Waals surface area contributed by atoms with Crippen LogP contribution in [0.3, 0.4) is 0 Å². The number of anilines is 1. The van der Waals surface area contributed by atoms with E-state index < -0.39 is 0 Å². The third kappa shape index (κ3) is 5.08. The summed E-state index contributed by atoms with van der Waals surface area (Å²) in [5, 5.41) is 10.9. The van der Waals surface area contributed by atoms with Crippen molar-refractivity contribution in [3.05, 3.63) is 59.8 Å². The van der Waals surface area contributed by atoms with Crippen molar-refractivity contribution in [1.82, 2.24) is 10.2 Å². The topological polar surface area (TPSA) is 76.2 Å². The number of methoxy groups -OCH3 is 2. The number of nitrogens with one attached hydrogen (secondary N) is 2. The molecule has 2 N–H and O–H groups in total. The molecule has 164 valence electrons. The lowest BCUT2D eigenvalue weighted by atomic mass is 9.95. The van der Waals surface area contributed by atoms with E-state index in [0.717, 1.165) is 28.9 Å². The maximum absolute atomic E-state index is 13.3. The molecule has 0 saturated carbocycles. The third-order valence-corrected chi connectivity index (χ3v) is 5.29. The predicted molar refractivity (Wildman–Crippen MR) is 124 cm³/mol. The molecule has 0 unspecified atom stereocenters. The van der Waals surface area contributed by atoms with Gasteiger partial charge in [0.25, 0.3) is 0 Å². The van der Waals surface area contributed by atoms with Crippen molar-refractivity contribution in [1.29, 1.82) is 0 Å². The third-order valence-electron chi connectivity index (χ3n) is 5.29. The van der Waals surface area contributed by atoms with Gasteiger partial charge in [-0.05, 0) is 42.5 Å². The van der Waals surface area contributed by atoms with Crippen LogP contribution >= 0.6 is 0 Å². The molecule has 3 rings (SSSR count). The first-order chi connectivity index (χ1) is 15.0. The van der Waals surface area contributed by atoms with E-state index in [4.69, 9.17) is 9.47 Å². The van der Waals surface area contributed by atoms with Crippen molar-refractivity contribution in [3.63, 3.8) is 0 Å². The van der Waals surface area contributed by atoms with E-state index in [0.29, 0.717) is 29.5 Å². The Labute approximate surface area is 184 Å². The molecule has 0 saturated heterocycles. The highest BCUT2D eigenvalue weighted by atomic mass is 16.5. The second-order valence-corrected chi connectivity index (χ2v) is 7.95. The minimum atomic E-state index is -0.235. The van der Waals surface area contributed by atoms with E-state index in [9.17, 15) is 4.79 Å². The number of carbonyl (C=O) groups excluding carboxylic acids is 1. The van der Waals surface area contributed by atoms with Crippen LogP contribution in [0.5, 0.6) is 11.5 Å². The quantitative estimate of drug-likeness (QED) is 0.483. The van der Waals surface area contributed by atoms with E-state index >= 15 is 0 Å². The van der Waals surface area contributed by atoms with Crippen LogP contribution in [0.1, 0.15) is 44.4 Å². The molecule has 31 heavy (non-hydrogen) atoms. The van der Waals surface area contributed by atoms with Crippen LogP contribution in [0, 0.1) is 5.92 Å². The summed E-state index contributed by atoms with van der Waals surface area (Å²) in [6.07, 6.45) is 1.48. The highest BCUT2D eigenvalue weighted by Crippen LogP contribution is 2.36. The Balaban J connectivity index is 2.00. The zero-order valence-electron chi connectivity index (χ0n) is 18.9. The van der Waals surface area contributed by atoms with Crippen LogP contribution in [0.2, 0.25) is 0 Å². The molecule has 0 radical (unpaired) electrons. The summed E-state index contributed by atoms with van der Waals surface area (Å²) in [7, 11) is 3.21. The Hall–Kier alpha value is -3.28. The predicted octanol–water partition coefficient (Wildman–Crippen LogP) is 5.42. The molecule has 0 spiro atoms. The number of aromatic nitrogens is 2. The molecular weight excluding hydrogens is 390 g/mol. The summed E-state index contributed by atoms with van der Waals surface area (Å²) in [6, 6.07) is 15.5. The fraction of sp³-hybridized carbons (Fsp3) is 0.360. The van der Waals surface area contributed by atoms with E-state index in [2.05, 4.69) is 29.4 Å². The number of hydrogen-bond donors (Lipinski definition) is 2. The van der Waals surface area contributed by atoms with Gasteiger partial charge in [0.2, 0.25) is 5.91 Å². The Bertz CT molecular complexity index is 1010. The van der Waals surface area contributed by atoms with Gasteiger partial charge in [0.1, 0.15) is 5.69 Å². The van der Waals surface area contributed by atoms with E-state index in [-0.39, 0.29) is 11.8 Å². The molecule has 0 fully saturated rings. The summed E-state index contributed by atoms with van der Waals surface area (Å²) in [5.41, 5.74) is 4.17. The number of ether oxygens (including phenoxy) is 2. The molecule has 3 aromatic rings. The first-order valence-corrected chi connectivity index (χ1v) is 10.6. The summed E-state index contributed by atoms with van der Waals surface area (Å²) in [6.45, 7) is 6.31. The Kier molecular flexibility index (Phi) is 7.34. The van der Waals surface area contributed by atoms with Gasteiger partial charge in [-0.15, -0.1) is 0 Å². The molecule has 1 heterocycles. The van der Waals surface area contributed by atoms with Gasteiger partial charge in [0.05, 0.1) is 31.5 Å². The summed E-state index contributed by atoms with van der Waals surface area (Å²) < 4.78 is 10.8. The largest absolute Gasteiger partial charge is 0.493 e. The number of benzene rings is 2. The minimum Gasteiger partial charge on any atom is -0.493 e. The van der Waals surface area contributed by atoms with Crippen molar-refractivity contribution in [3.8, 4) is 22.8 Å². The van der Waals surface area contributed by atoms with Crippen molar-refractivity contribution < 1.29 is 14.3 Å². The average molecular weight is 422 g/mol. The van der Waals surface area contributed by atoms with Crippen LogP contribution in [-0.4, -0.2) is 30.3 Å². The first kappa shape index (κ1) is 22.4. The number of rotatable bonds is 9. The molecule has 6 nitrogen and oxygen atoms in total. The van der Waals surface area contributed by atoms with Gasteiger partial charge in [-0.1, -0.05) is 51.1 Å². The molecule has 1 amide bonds. The van der Waals surface area contributed by atoms with Crippen molar-refractivity contribution in [2.75, 3.05) is 19.5 Å². The van der Waals surface area contributed by atoms with E-state index in [1.165, 1.54) is 0 Å². The monoisotopic (exact) mass is 421 g/mol. The van der Waals surface area contributed by atoms with Crippen LogP contribution in [0.15, 0.2) is 48.5 Å². The number of H-pyrrole nitrogens is 1. The Morgan fingerprint density at radius 1 is 1.06 bits per heavy atom. The zero-order chi connectivity index (χ0) is 22.4. The van der Waals surface area contributed by atoms with Gasteiger partial charge in [-0.3, -0.25) is 9.89 Å². The van der Waals surface area contributed by atoms with Crippen LogP contribution in [-0.2, 0) is 11.2 Å². The lowest BCUT2D eigenvalue weighted by molar-refractivity contribution is -0.117. The Morgan fingerprint density at radius 3 is 2.39 bits per heavy atom. The Morgan fingerprint density at radius 2 is 1.77 bits per heavy atom. The number of carbonyl (C=O) groups is 1. The zero-order valence-corrected chi connectivity index (χ0v) is 18.9. The van der Waals surface area contributed by atoms with Crippen molar-refractivity contribution in [2.24, 2.45) is 5.92 Å². The molecule has 1 aromatic heterocycles. The second kappa shape index (κ2) is 10.2. The lowest BCUT2D eigenvalue weighted by Crippen LogP contribution is -2.21.